The number of rotatable bonds is 7. The summed E-state index contributed by atoms with van der Waals surface area (Å²) in [6.07, 6.45) is 1.01. The molecule has 0 aliphatic carbocycles. The molecule has 0 amide bonds. The van der Waals surface area contributed by atoms with Gasteiger partial charge in [0.05, 0.1) is 5.69 Å². The molecule has 0 fully saturated rings. The Morgan fingerprint density at radius 1 is 1.25 bits per heavy atom. The van der Waals surface area contributed by atoms with Gasteiger partial charge < -0.3 is 10.2 Å². The standard InChI is InChI=1S/C16H31N3S/c1-8-13-14(10-17-16(5,6)7)20-15(18-13)19(9-2)11-12(3)4/h12,17H,8-11H2,1-7H3. The van der Waals surface area contributed by atoms with Crippen molar-refractivity contribution in [3.05, 3.63) is 10.6 Å². The van der Waals surface area contributed by atoms with E-state index in [1.165, 1.54) is 15.7 Å². The molecule has 1 aromatic rings. The zero-order valence-electron chi connectivity index (χ0n) is 14.2. The van der Waals surface area contributed by atoms with Crippen LogP contribution in [0.25, 0.3) is 0 Å². The molecule has 0 spiro atoms. The van der Waals surface area contributed by atoms with Crippen LogP contribution in [0.2, 0.25) is 0 Å². The summed E-state index contributed by atoms with van der Waals surface area (Å²) in [5, 5.41) is 4.76. The van der Waals surface area contributed by atoms with Crippen LogP contribution in [-0.4, -0.2) is 23.6 Å². The second-order valence-corrected chi connectivity index (χ2v) is 7.82. The van der Waals surface area contributed by atoms with Gasteiger partial charge in [-0.1, -0.05) is 20.8 Å². The largest absolute Gasteiger partial charge is 0.348 e. The summed E-state index contributed by atoms with van der Waals surface area (Å²) in [5.41, 5.74) is 1.40. The van der Waals surface area contributed by atoms with Gasteiger partial charge in [-0.25, -0.2) is 4.98 Å². The molecule has 4 heteroatoms. The highest BCUT2D eigenvalue weighted by molar-refractivity contribution is 7.15. The number of aryl methyl sites for hydroxylation is 1. The van der Waals surface area contributed by atoms with E-state index in [2.05, 4.69) is 58.7 Å². The third-order valence-corrected chi connectivity index (χ3v) is 4.28. The summed E-state index contributed by atoms with van der Waals surface area (Å²) >= 11 is 1.85. The fraction of sp³-hybridized carbons (Fsp3) is 0.812. The van der Waals surface area contributed by atoms with Crippen LogP contribution in [0.5, 0.6) is 0 Å². The molecule has 116 valence electrons. The maximum atomic E-state index is 4.86. The molecule has 0 bridgehead atoms. The van der Waals surface area contributed by atoms with Crippen LogP contribution in [0.15, 0.2) is 0 Å². The Balaban J connectivity index is 2.86. The molecule has 0 saturated heterocycles. The van der Waals surface area contributed by atoms with Crippen molar-refractivity contribution in [2.75, 3.05) is 18.0 Å². The van der Waals surface area contributed by atoms with Gasteiger partial charge in [-0.05, 0) is 40.0 Å². The van der Waals surface area contributed by atoms with Crippen LogP contribution in [0.1, 0.15) is 59.0 Å². The van der Waals surface area contributed by atoms with Crippen LogP contribution >= 0.6 is 11.3 Å². The van der Waals surface area contributed by atoms with Crippen molar-refractivity contribution in [2.24, 2.45) is 5.92 Å². The molecule has 0 aromatic carbocycles. The van der Waals surface area contributed by atoms with Gasteiger partial charge in [0.2, 0.25) is 0 Å². The van der Waals surface area contributed by atoms with Crippen molar-refractivity contribution in [2.45, 2.75) is 67.0 Å². The van der Waals surface area contributed by atoms with Gasteiger partial charge >= 0.3 is 0 Å². The van der Waals surface area contributed by atoms with Crippen LogP contribution in [0.4, 0.5) is 5.13 Å². The van der Waals surface area contributed by atoms with E-state index in [-0.39, 0.29) is 5.54 Å². The first-order chi connectivity index (χ1) is 9.26. The Morgan fingerprint density at radius 2 is 1.90 bits per heavy atom. The van der Waals surface area contributed by atoms with E-state index in [0.29, 0.717) is 5.92 Å². The first kappa shape index (κ1) is 17.4. The minimum Gasteiger partial charge on any atom is -0.348 e. The maximum Gasteiger partial charge on any atom is 0.185 e. The lowest BCUT2D eigenvalue weighted by Crippen LogP contribution is -2.35. The van der Waals surface area contributed by atoms with Crippen LogP contribution in [0, 0.1) is 5.92 Å². The Hall–Kier alpha value is -0.610. The quantitative estimate of drug-likeness (QED) is 0.822. The Morgan fingerprint density at radius 3 is 2.35 bits per heavy atom. The van der Waals surface area contributed by atoms with E-state index >= 15 is 0 Å². The second kappa shape index (κ2) is 7.41. The molecule has 0 aliphatic heterocycles. The zero-order chi connectivity index (χ0) is 15.3. The average Bonchev–Trinajstić information content (AvgIpc) is 2.75. The number of hydrogen-bond donors (Lipinski definition) is 1. The predicted octanol–water partition coefficient (Wildman–Crippen LogP) is 4.08. The summed E-state index contributed by atoms with van der Waals surface area (Å²) in [5.74, 6) is 0.667. The summed E-state index contributed by atoms with van der Waals surface area (Å²) in [6.45, 7) is 18.6. The van der Waals surface area contributed by atoms with Crippen LogP contribution in [-0.2, 0) is 13.0 Å². The van der Waals surface area contributed by atoms with Gasteiger partial charge in [0, 0.05) is 30.1 Å². The Labute approximate surface area is 128 Å². The molecule has 0 aliphatic rings. The van der Waals surface area contributed by atoms with Gasteiger partial charge in [-0.15, -0.1) is 11.3 Å². The first-order valence-corrected chi connectivity index (χ1v) is 8.57. The number of hydrogen-bond acceptors (Lipinski definition) is 4. The number of nitrogens with zero attached hydrogens (tertiary/aromatic N) is 2. The van der Waals surface area contributed by atoms with E-state index < -0.39 is 0 Å². The average molecular weight is 298 g/mol. The van der Waals surface area contributed by atoms with E-state index in [9.17, 15) is 0 Å². The number of aromatic nitrogens is 1. The van der Waals surface area contributed by atoms with Crippen molar-refractivity contribution in [3.63, 3.8) is 0 Å². The second-order valence-electron chi connectivity index (χ2n) is 6.76. The lowest BCUT2D eigenvalue weighted by Gasteiger charge is -2.22. The number of nitrogens with one attached hydrogen (secondary N) is 1. The van der Waals surface area contributed by atoms with Gasteiger partial charge in [0.1, 0.15) is 0 Å². The van der Waals surface area contributed by atoms with Crippen molar-refractivity contribution < 1.29 is 0 Å². The fourth-order valence-corrected chi connectivity index (χ4v) is 3.21. The summed E-state index contributed by atoms with van der Waals surface area (Å²) in [6, 6.07) is 0. The molecule has 0 atom stereocenters. The fourth-order valence-electron chi connectivity index (χ4n) is 2.05. The molecule has 20 heavy (non-hydrogen) atoms. The molecule has 0 saturated carbocycles. The van der Waals surface area contributed by atoms with Crippen LogP contribution < -0.4 is 10.2 Å². The predicted molar refractivity (Wildman–Crippen MR) is 90.8 cm³/mol. The highest BCUT2D eigenvalue weighted by atomic mass is 32.1. The molecule has 1 N–H and O–H groups in total. The summed E-state index contributed by atoms with van der Waals surface area (Å²) in [7, 11) is 0. The smallest absolute Gasteiger partial charge is 0.185 e. The molecule has 3 nitrogen and oxygen atoms in total. The minimum absolute atomic E-state index is 0.150. The molecule has 0 radical (unpaired) electrons. The molecule has 1 aromatic heterocycles. The van der Waals surface area contributed by atoms with E-state index in [4.69, 9.17) is 4.98 Å². The maximum absolute atomic E-state index is 4.86. The van der Waals surface area contributed by atoms with Gasteiger partial charge in [0.15, 0.2) is 5.13 Å². The zero-order valence-corrected chi connectivity index (χ0v) is 15.0. The minimum atomic E-state index is 0.150. The normalized spacial score (nSPS) is 12.2. The van der Waals surface area contributed by atoms with Gasteiger partial charge in [0.25, 0.3) is 0 Å². The Kier molecular flexibility index (Phi) is 6.46. The van der Waals surface area contributed by atoms with Crippen molar-refractivity contribution in [3.8, 4) is 0 Å². The van der Waals surface area contributed by atoms with Crippen molar-refractivity contribution in [1.29, 1.82) is 0 Å². The monoisotopic (exact) mass is 297 g/mol. The number of anilines is 1. The highest BCUT2D eigenvalue weighted by Crippen LogP contribution is 2.27. The van der Waals surface area contributed by atoms with Crippen molar-refractivity contribution in [1.82, 2.24) is 10.3 Å². The van der Waals surface area contributed by atoms with Gasteiger partial charge in [-0.2, -0.15) is 0 Å². The third kappa shape index (κ3) is 5.41. The van der Waals surface area contributed by atoms with E-state index in [1.807, 2.05) is 11.3 Å². The number of thiazole rings is 1. The lowest BCUT2D eigenvalue weighted by molar-refractivity contribution is 0.425. The van der Waals surface area contributed by atoms with Gasteiger partial charge in [-0.3, -0.25) is 0 Å². The van der Waals surface area contributed by atoms with E-state index in [0.717, 1.165) is 26.1 Å². The van der Waals surface area contributed by atoms with E-state index in [1.54, 1.807) is 0 Å². The molecular formula is C16H31N3S. The molecular weight excluding hydrogens is 266 g/mol. The first-order valence-electron chi connectivity index (χ1n) is 7.75. The lowest BCUT2D eigenvalue weighted by atomic mass is 10.1. The molecule has 1 rings (SSSR count). The Bertz CT molecular complexity index is 404. The molecule has 1 heterocycles. The summed E-state index contributed by atoms with van der Waals surface area (Å²) in [4.78, 5) is 8.64. The summed E-state index contributed by atoms with van der Waals surface area (Å²) < 4.78 is 0. The SMILES string of the molecule is CCc1nc(N(CC)CC(C)C)sc1CNC(C)(C)C. The third-order valence-electron chi connectivity index (χ3n) is 3.12. The highest BCUT2D eigenvalue weighted by Gasteiger charge is 2.17. The van der Waals surface area contributed by atoms with Crippen molar-refractivity contribution >= 4 is 16.5 Å². The topological polar surface area (TPSA) is 28.2 Å². The molecule has 0 unspecified atom stereocenters. The van der Waals surface area contributed by atoms with Crippen LogP contribution in [0.3, 0.4) is 0 Å².